The van der Waals surface area contributed by atoms with Gasteiger partial charge in [0.05, 0.1) is 11.6 Å². The Morgan fingerprint density at radius 3 is 1.95 bits per heavy atom. The number of hydrogen-bond donors (Lipinski definition) is 1. The van der Waals surface area contributed by atoms with E-state index in [-0.39, 0.29) is 5.54 Å². The van der Waals surface area contributed by atoms with E-state index in [1.807, 2.05) is 0 Å². The van der Waals surface area contributed by atoms with E-state index in [0.717, 1.165) is 24.3 Å². The van der Waals surface area contributed by atoms with Crippen molar-refractivity contribution in [3.05, 3.63) is 35.4 Å². The highest BCUT2D eigenvalue weighted by Gasteiger charge is 2.42. The SMILES string of the molecule is CC1CCC(C(O)c2ccc(C(C)C)cc2)(N(C)C)CC1. The molecule has 1 aliphatic carbocycles. The van der Waals surface area contributed by atoms with E-state index in [1.165, 1.54) is 18.4 Å². The molecule has 2 rings (SSSR count). The van der Waals surface area contributed by atoms with Crippen molar-refractivity contribution in [2.24, 2.45) is 5.92 Å². The molecule has 0 radical (unpaired) electrons. The number of hydrogen-bond acceptors (Lipinski definition) is 2. The fraction of sp³-hybridized carbons (Fsp3) is 0.684. The van der Waals surface area contributed by atoms with Gasteiger partial charge in [-0.1, -0.05) is 45.0 Å². The molecule has 0 saturated heterocycles. The molecular formula is C19H31NO. The van der Waals surface area contributed by atoms with Gasteiger partial charge >= 0.3 is 0 Å². The largest absolute Gasteiger partial charge is 0.386 e. The maximum Gasteiger partial charge on any atom is 0.0973 e. The van der Waals surface area contributed by atoms with Crippen molar-refractivity contribution in [1.82, 2.24) is 4.90 Å². The molecule has 2 nitrogen and oxygen atoms in total. The summed E-state index contributed by atoms with van der Waals surface area (Å²) in [4.78, 5) is 2.25. The summed E-state index contributed by atoms with van der Waals surface area (Å²) in [6.07, 6.45) is 4.17. The Balaban J connectivity index is 2.24. The van der Waals surface area contributed by atoms with E-state index < -0.39 is 6.10 Å². The highest BCUT2D eigenvalue weighted by molar-refractivity contribution is 5.28. The summed E-state index contributed by atoms with van der Waals surface area (Å²) in [6.45, 7) is 6.73. The quantitative estimate of drug-likeness (QED) is 0.890. The predicted molar refractivity (Wildman–Crippen MR) is 89.5 cm³/mol. The zero-order valence-electron chi connectivity index (χ0n) is 14.3. The molecule has 1 aromatic rings. The second-order valence-electron chi connectivity index (χ2n) is 7.40. The van der Waals surface area contributed by atoms with Gasteiger partial charge in [-0.3, -0.25) is 0 Å². The molecule has 0 bridgehead atoms. The number of likely N-dealkylation sites (N-methyl/N-ethyl adjacent to an activating group) is 1. The average molecular weight is 289 g/mol. The smallest absolute Gasteiger partial charge is 0.0973 e. The molecule has 118 valence electrons. The molecule has 0 aliphatic heterocycles. The minimum atomic E-state index is -0.402. The molecule has 1 aliphatic rings. The van der Waals surface area contributed by atoms with Gasteiger partial charge in [0.2, 0.25) is 0 Å². The normalized spacial score (nSPS) is 28.1. The van der Waals surface area contributed by atoms with Crippen LogP contribution in [-0.2, 0) is 0 Å². The highest BCUT2D eigenvalue weighted by atomic mass is 16.3. The van der Waals surface area contributed by atoms with Gasteiger partial charge < -0.3 is 10.0 Å². The number of nitrogens with zero attached hydrogens (tertiary/aromatic N) is 1. The monoisotopic (exact) mass is 289 g/mol. The second-order valence-corrected chi connectivity index (χ2v) is 7.40. The van der Waals surface area contributed by atoms with E-state index in [4.69, 9.17) is 0 Å². The molecule has 1 unspecified atom stereocenters. The summed E-state index contributed by atoms with van der Waals surface area (Å²) in [7, 11) is 4.23. The maximum absolute atomic E-state index is 11.0. The van der Waals surface area contributed by atoms with Gasteiger partial charge in [0.15, 0.2) is 0 Å². The number of benzene rings is 1. The zero-order chi connectivity index (χ0) is 15.6. The molecule has 0 aromatic heterocycles. The molecule has 2 heteroatoms. The van der Waals surface area contributed by atoms with Crippen molar-refractivity contribution in [2.45, 2.75) is 64.0 Å². The lowest BCUT2D eigenvalue weighted by atomic mass is 9.71. The van der Waals surface area contributed by atoms with Crippen LogP contribution in [-0.4, -0.2) is 29.6 Å². The number of aliphatic hydroxyl groups is 1. The van der Waals surface area contributed by atoms with E-state index in [2.05, 4.69) is 64.0 Å². The lowest BCUT2D eigenvalue weighted by Crippen LogP contribution is -2.51. The summed E-state index contributed by atoms with van der Waals surface area (Å²) >= 11 is 0. The molecule has 1 aromatic carbocycles. The lowest BCUT2D eigenvalue weighted by molar-refractivity contribution is -0.0408. The first-order chi connectivity index (χ1) is 9.86. The Morgan fingerprint density at radius 1 is 1.05 bits per heavy atom. The van der Waals surface area contributed by atoms with E-state index in [0.29, 0.717) is 5.92 Å². The summed E-state index contributed by atoms with van der Waals surface area (Å²) in [5.74, 6) is 1.32. The van der Waals surface area contributed by atoms with Crippen LogP contribution in [0.2, 0.25) is 0 Å². The zero-order valence-corrected chi connectivity index (χ0v) is 14.3. The van der Waals surface area contributed by atoms with Crippen LogP contribution in [0.25, 0.3) is 0 Å². The van der Waals surface area contributed by atoms with Crippen LogP contribution in [0.3, 0.4) is 0 Å². The average Bonchev–Trinajstić information content (AvgIpc) is 2.47. The summed E-state index contributed by atoms with van der Waals surface area (Å²) < 4.78 is 0. The van der Waals surface area contributed by atoms with Gasteiger partial charge in [-0.2, -0.15) is 0 Å². The summed E-state index contributed by atoms with van der Waals surface area (Å²) in [6, 6.07) is 8.56. The third-order valence-corrected chi connectivity index (χ3v) is 5.46. The number of aliphatic hydroxyl groups excluding tert-OH is 1. The highest BCUT2D eigenvalue weighted by Crippen LogP contribution is 2.43. The van der Waals surface area contributed by atoms with Crippen molar-refractivity contribution in [3.8, 4) is 0 Å². The van der Waals surface area contributed by atoms with Crippen LogP contribution in [0, 0.1) is 5.92 Å². The Bertz CT molecular complexity index is 441. The van der Waals surface area contributed by atoms with E-state index >= 15 is 0 Å². The van der Waals surface area contributed by atoms with Gasteiger partial charge in [-0.05, 0) is 62.7 Å². The molecule has 0 amide bonds. The molecule has 0 spiro atoms. The Labute approximate surface area is 130 Å². The standard InChI is InChI=1S/C19H31NO/c1-14(2)16-6-8-17(9-7-16)18(21)19(20(4)5)12-10-15(3)11-13-19/h6-9,14-15,18,21H,10-13H2,1-5H3. The van der Waals surface area contributed by atoms with Crippen LogP contribution in [0.4, 0.5) is 0 Å². The summed E-state index contributed by atoms with van der Waals surface area (Å²) in [5, 5.41) is 11.0. The van der Waals surface area contributed by atoms with E-state index in [9.17, 15) is 5.11 Å². The van der Waals surface area contributed by atoms with Crippen molar-refractivity contribution in [3.63, 3.8) is 0 Å². The van der Waals surface area contributed by atoms with Gasteiger partial charge in [-0.25, -0.2) is 0 Å². The van der Waals surface area contributed by atoms with Crippen molar-refractivity contribution in [2.75, 3.05) is 14.1 Å². The Kier molecular flexibility index (Phi) is 5.11. The van der Waals surface area contributed by atoms with Gasteiger partial charge in [0.1, 0.15) is 0 Å². The topological polar surface area (TPSA) is 23.5 Å². The maximum atomic E-state index is 11.0. The third kappa shape index (κ3) is 3.32. The van der Waals surface area contributed by atoms with Crippen LogP contribution in [0.1, 0.15) is 69.6 Å². The molecule has 1 fully saturated rings. The molecule has 1 N–H and O–H groups in total. The van der Waals surface area contributed by atoms with Crippen molar-refractivity contribution < 1.29 is 5.11 Å². The minimum absolute atomic E-state index is 0.105. The van der Waals surface area contributed by atoms with Crippen LogP contribution in [0.5, 0.6) is 0 Å². The molecule has 1 saturated carbocycles. The van der Waals surface area contributed by atoms with Gasteiger partial charge in [0, 0.05) is 0 Å². The van der Waals surface area contributed by atoms with Crippen LogP contribution in [0.15, 0.2) is 24.3 Å². The van der Waals surface area contributed by atoms with Crippen molar-refractivity contribution in [1.29, 1.82) is 0 Å². The first-order valence-electron chi connectivity index (χ1n) is 8.32. The van der Waals surface area contributed by atoms with Gasteiger partial charge in [-0.15, -0.1) is 0 Å². The predicted octanol–water partition coefficient (Wildman–Crippen LogP) is 4.35. The molecule has 1 atom stereocenters. The fourth-order valence-electron chi connectivity index (χ4n) is 3.60. The first kappa shape index (κ1) is 16.5. The molecular weight excluding hydrogens is 258 g/mol. The Hall–Kier alpha value is -0.860. The lowest BCUT2D eigenvalue weighted by Gasteiger charge is -2.47. The van der Waals surface area contributed by atoms with Crippen LogP contribution < -0.4 is 0 Å². The Morgan fingerprint density at radius 2 is 1.52 bits per heavy atom. The second kappa shape index (κ2) is 6.50. The molecule has 21 heavy (non-hydrogen) atoms. The number of rotatable bonds is 4. The fourth-order valence-corrected chi connectivity index (χ4v) is 3.60. The van der Waals surface area contributed by atoms with Crippen LogP contribution >= 0.6 is 0 Å². The van der Waals surface area contributed by atoms with Gasteiger partial charge in [0.25, 0.3) is 0 Å². The minimum Gasteiger partial charge on any atom is -0.386 e. The third-order valence-electron chi connectivity index (χ3n) is 5.46. The summed E-state index contributed by atoms with van der Waals surface area (Å²) in [5.41, 5.74) is 2.29. The van der Waals surface area contributed by atoms with E-state index in [1.54, 1.807) is 0 Å². The first-order valence-corrected chi connectivity index (χ1v) is 8.32. The van der Waals surface area contributed by atoms with Crippen molar-refractivity contribution >= 4 is 0 Å². The molecule has 0 heterocycles.